The summed E-state index contributed by atoms with van der Waals surface area (Å²) in [7, 11) is 3.05. The van der Waals surface area contributed by atoms with E-state index in [2.05, 4.69) is 5.32 Å². The Bertz CT molecular complexity index is 840. The lowest BCUT2D eigenvalue weighted by Gasteiger charge is -2.20. The van der Waals surface area contributed by atoms with Gasteiger partial charge in [0.25, 0.3) is 0 Å². The fourth-order valence-electron chi connectivity index (χ4n) is 2.93. The molecule has 2 amide bonds. The summed E-state index contributed by atoms with van der Waals surface area (Å²) < 4.78 is 23.7. The summed E-state index contributed by atoms with van der Waals surface area (Å²) in [5.74, 6) is -0.360. The minimum absolute atomic E-state index is 0.0797. The molecule has 1 atom stereocenters. The first-order valence-corrected chi connectivity index (χ1v) is 8.10. The van der Waals surface area contributed by atoms with Crippen LogP contribution in [0.2, 0.25) is 0 Å². The van der Waals surface area contributed by atoms with Gasteiger partial charge in [0.15, 0.2) is 0 Å². The lowest BCUT2D eigenvalue weighted by Crippen LogP contribution is -2.28. The number of hydrogen-bond donors (Lipinski definition) is 1. The minimum Gasteiger partial charge on any atom is -0.497 e. The van der Waals surface area contributed by atoms with Crippen LogP contribution in [0.5, 0.6) is 11.5 Å². The summed E-state index contributed by atoms with van der Waals surface area (Å²) in [5.41, 5.74) is 0.947. The molecule has 2 aromatic rings. The number of benzene rings is 2. The summed E-state index contributed by atoms with van der Waals surface area (Å²) in [5, 5.41) is 2.66. The largest absolute Gasteiger partial charge is 0.497 e. The zero-order chi connectivity index (χ0) is 18.7. The van der Waals surface area contributed by atoms with Crippen LogP contribution in [0.4, 0.5) is 15.8 Å². The molecular weight excluding hydrogens is 339 g/mol. The molecule has 26 heavy (non-hydrogen) atoms. The van der Waals surface area contributed by atoms with Gasteiger partial charge in [-0.15, -0.1) is 0 Å². The maximum atomic E-state index is 13.2. The topological polar surface area (TPSA) is 67.9 Å². The summed E-state index contributed by atoms with van der Waals surface area (Å²) >= 11 is 0. The number of ether oxygens (including phenoxy) is 2. The van der Waals surface area contributed by atoms with Gasteiger partial charge in [0.2, 0.25) is 11.8 Å². The number of nitrogens with one attached hydrogen (secondary N) is 1. The van der Waals surface area contributed by atoms with Gasteiger partial charge in [0.1, 0.15) is 17.3 Å². The zero-order valence-electron chi connectivity index (χ0n) is 14.5. The standard InChI is InChI=1S/C19H19FN2O4/c1-25-15-6-7-16(17(10-15)26-2)22-11-12(8-18(22)23)19(24)21-14-5-3-4-13(20)9-14/h3-7,9-10,12H,8,11H2,1-2H3,(H,21,24). The number of carbonyl (C=O) groups is 2. The number of carbonyl (C=O) groups excluding carboxylic acids is 2. The van der Waals surface area contributed by atoms with Crippen LogP contribution >= 0.6 is 0 Å². The molecular formula is C19H19FN2O4. The molecule has 0 saturated carbocycles. The predicted molar refractivity (Wildman–Crippen MR) is 95.0 cm³/mol. The van der Waals surface area contributed by atoms with E-state index in [4.69, 9.17) is 9.47 Å². The molecule has 6 nitrogen and oxygen atoms in total. The first kappa shape index (κ1) is 17.7. The van der Waals surface area contributed by atoms with E-state index in [-0.39, 0.29) is 24.8 Å². The Kier molecular flexibility index (Phi) is 5.06. The van der Waals surface area contributed by atoms with Crippen molar-refractivity contribution in [3.63, 3.8) is 0 Å². The molecule has 1 aliphatic rings. The fourth-order valence-corrected chi connectivity index (χ4v) is 2.93. The van der Waals surface area contributed by atoms with Gasteiger partial charge in [0, 0.05) is 24.7 Å². The van der Waals surface area contributed by atoms with E-state index >= 15 is 0 Å². The molecule has 0 radical (unpaired) electrons. The Hall–Kier alpha value is -3.09. The highest BCUT2D eigenvalue weighted by Crippen LogP contribution is 2.36. The van der Waals surface area contributed by atoms with E-state index < -0.39 is 11.7 Å². The quantitative estimate of drug-likeness (QED) is 0.892. The van der Waals surface area contributed by atoms with Crippen LogP contribution in [0.1, 0.15) is 6.42 Å². The molecule has 0 spiro atoms. The van der Waals surface area contributed by atoms with E-state index in [0.717, 1.165) is 0 Å². The molecule has 0 aliphatic carbocycles. The van der Waals surface area contributed by atoms with Crippen LogP contribution in [-0.4, -0.2) is 32.6 Å². The van der Waals surface area contributed by atoms with E-state index in [1.165, 1.54) is 30.2 Å². The Morgan fingerprint density at radius 2 is 2.00 bits per heavy atom. The highest BCUT2D eigenvalue weighted by atomic mass is 19.1. The summed E-state index contributed by atoms with van der Waals surface area (Å²) in [4.78, 5) is 26.4. The monoisotopic (exact) mass is 358 g/mol. The summed E-state index contributed by atoms with van der Waals surface area (Å²) in [6.45, 7) is 0.225. The molecule has 1 heterocycles. The first-order chi connectivity index (χ1) is 12.5. The average molecular weight is 358 g/mol. The lowest BCUT2D eigenvalue weighted by molar-refractivity contribution is -0.122. The van der Waals surface area contributed by atoms with Crippen molar-refractivity contribution in [1.29, 1.82) is 0 Å². The van der Waals surface area contributed by atoms with Crippen molar-refractivity contribution in [3.05, 3.63) is 48.3 Å². The van der Waals surface area contributed by atoms with Crippen molar-refractivity contribution < 1.29 is 23.5 Å². The van der Waals surface area contributed by atoms with E-state index in [0.29, 0.717) is 22.9 Å². The van der Waals surface area contributed by atoms with Crippen molar-refractivity contribution in [3.8, 4) is 11.5 Å². The number of hydrogen-bond acceptors (Lipinski definition) is 4. The van der Waals surface area contributed by atoms with Gasteiger partial charge in [0.05, 0.1) is 25.8 Å². The van der Waals surface area contributed by atoms with E-state index in [9.17, 15) is 14.0 Å². The van der Waals surface area contributed by atoms with Gasteiger partial charge in [-0.3, -0.25) is 9.59 Å². The molecule has 2 aromatic carbocycles. The van der Waals surface area contributed by atoms with Gasteiger partial charge < -0.3 is 19.7 Å². The maximum absolute atomic E-state index is 13.2. The molecule has 7 heteroatoms. The van der Waals surface area contributed by atoms with Gasteiger partial charge in [-0.2, -0.15) is 0 Å². The van der Waals surface area contributed by atoms with Crippen molar-refractivity contribution in [2.45, 2.75) is 6.42 Å². The Balaban J connectivity index is 1.75. The molecule has 1 unspecified atom stereocenters. The highest BCUT2D eigenvalue weighted by Gasteiger charge is 2.36. The Labute approximate surface area is 150 Å². The van der Waals surface area contributed by atoms with Crippen LogP contribution in [0, 0.1) is 11.7 Å². The minimum atomic E-state index is -0.530. The molecule has 1 aliphatic heterocycles. The SMILES string of the molecule is COc1ccc(N2CC(C(=O)Nc3cccc(F)c3)CC2=O)c(OC)c1. The lowest BCUT2D eigenvalue weighted by atomic mass is 10.1. The van der Waals surface area contributed by atoms with E-state index in [1.807, 2.05) is 0 Å². The molecule has 0 aromatic heterocycles. The number of rotatable bonds is 5. The van der Waals surface area contributed by atoms with Crippen molar-refractivity contribution in [1.82, 2.24) is 0 Å². The van der Waals surface area contributed by atoms with Crippen LogP contribution in [0.25, 0.3) is 0 Å². The van der Waals surface area contributed by atoms with Crippen LogP contribution in [0.3, 0.4) is 0 Å². The highest BCUT2D eigenvalue weighted by molar-refractivity contribution is 6.04. The fraction of sp³-hybridized carbons (Fsp3) is 0.263. The second-order valence-corrected chi connectivity index (χ2v) is 5.94. The molecule has 0 bridgehead atoms. The number of nitrogens with zero attached hydrogens (tertiary/aromatic N) is 1. The third-order valence-corrected chi connectivity index (χ3v) is 4.27. The second kappa shape index (κ2) is 7.43. The average Bonchev–Trinajstić information content (AvgIpc) is 3.03. The van der Waals surface area contributed by atoms with Gasteiger partial charge in [-0.25, -0.2) is 4.39 Å². The number of halogens is 1. The summed E-state index contributed by atoms with van der Waals surface area (Å²) in [6.07, 6.45) is 0.0797. The Morgan fingerprint density at radius 1 is 1.19 bits per heavy atom. The second-order valence-electron chi connectivity index (χ2n) is 5.94. The van der Waals surface area contributed by atoms with Gasteiger partial charge in [-0.05, 0) is 30.3 Å². The third kappa shape index (κ3) is 3.61. The first-order valence-electron chi connectivity index (χ1n) is 8.10. The molecule has 3 rings (SSSR count). The van der Waals surface area contributed by atoms with Crippen LogP contribution in [0.15, 0.2) is 42.5 Å². The van der Waals surface area contributed by atoms with Crippen molar-refractivity contribution in [2.24, 2.45) is 5.92 Å². The zero-order valence-corrected chi connectivity index (χ0v) is 14.5. The number of anilines is 2. The number of methoxy groups -OCH3 is 2. The third-order valence-electron chi connectivity index (χ3n) is 4.27. The summed E-state index contributed by atoms with van der Waals surface area (Å²) in [6, 6.07) is 10.8. The molecule has 1 fully saturated rings. The van der Waals surface area contributed by atoms with Crippen molar-refractivity contribution in [2.75, 3.05) is 31.0 Å². The van der Waals surface area contributed by atoms with Gasteiger partial charge in [-0.1, -0.05) is 6.07 Å². The Morgan fingerprint density at radius 3 is 2.69 bits per heavy atom. The van der Waals surface area contributed by atoms with Crippen LogP contribution < -0.4 is 19.7 Å². The predicted octanol–water partition coefficient (Wildman–Crippen LogP) is 2.83. The van der Waals surface area contributed by atoms with Crippen LogP contribution in [-0.2, 0) is 9.59 Å². The van der Waals surface area contributed by atoms with Gasteiger partial charge >= 0.3 is 0 Å². The number of amides is 2. The van der Waals surface area contributed by atoms with Crippen molar-refractivity contribution >= 4 is 23.2 Å². The molecule has 1 saturated heterocycles. The normalized spacial score (nSPS) is 16.5. The smallest absolute Gasteiger partial charge is 0.229 e. The molecule has 136 valence electrons. The molecule has 1 N–H and O–H groups in total. The maximum Gasteiger partial charge on any atom is 0.229 e. The van der Waals surface area contributed by atoms with E-state index in [1.54, 1.807) is 31.4 Å².